The molecule has 2 heterocycles. The Morgan fingerprint density at radius 3 is 2.67 bits per heavy atom. The molecule has 5 heteroatoms. The number of hydrogen-bond acceptors (Lipinski definition) is 3. The Morgan fingerprint density at radius 2 is 1.96 bits per heavy atom. The molecular formula is C19H21FN4. The van der Waals surface area contributed by atoms with E-state index >= 15 is 0 Å². The number of rotatable bonds is 6. The van der Waals surface area contributed by atoms with Crippen LogP contribution in [0.1, 0.15) is 29.9 Å². The monoisotopic (exact) mass is 324 g/mol. The summed E-state index contributed by atoms with van der Waals surface area (Å²) in [7, 11) is 0. The van der Waals surface area contributed by atoms with E-state index in [4.69, 9.17) is 0 Å². The fraction of sp³-hybridized carbons (Fsp3) is 0.263. The summed E-state index contributed by atoms with van der Waals surface area (Å²) in [5, 5.41) is 7.95. The van der Waals surface area contributed by atoms with Crippen LogP contribution in [0.4, 0.5) is 4.39 Å². The number of nitrogens with one attached hydrogen (secondary N) is 1. The number of aromatic nitrogens is 3. The minimum absolute atomic E-state index is 0.183. The second-order valence-electron chi connectivity index (χ2n) is 5.82. The van der Waals surface area contributed by atoms with Crippen molar-refractivity contribution in [3.05, 3.63) is 77.6 Å². The highest BCUT2D eigenvalue weighted by molar-refractivity contribution is 5.35. The number of halogens is 1. The lowest BCUT2D eigenvalue weighted by Crippen LogP contribution is -2.22. The summed E-state index contributed by atoms with van der Waals surface area (Å²) in [6.45, 7) is 5.00. The molecule has 0 fully saturated rings. The van der Waals surface area contributed by atoms with E-state index in [0.29, 0.717) is 0 Å². The fourth-order valence-corrected chi connectivity index (χ4v) is 2.76. The van der Waals surface area contributed by atoms with Crippen LogP contribution in [-0.2, 0) is 6.42 Å². The summed E-state index contributed by atoms with van der Waals surface area (Å²) in [4.78, 5) is 4.33. The quantitative estimate of drug-likeness (QED) is 0.753. The zero-order chi connectivity index (χ0) is 16.9. The molecule has 0 amide bonds. The van der Waals surface area contributed by atoms with Crippen LogP contribution in [0.15, 0.2) is 54.9 Å². The van der Waals surface area contributed by atoms with Gasteiger partial charge >= 0.3 is 0 Å². The van der Waals surface area contributed by atoms with Crippen LogP contribution in [0.2, 0.25) is 0 Å². The van der Waals surface area contributed by atoms with E-state index < -0.39 is 0 Å². The van der Waals surface area contributed by atoms with Crippen molar-refractivity contribution < 1.29 is 4.39 Å². The maximum atomic E-state index is 13.1. The molecule has 3 rings (SSSR count). The normalized spacial score (nSPS) is 12.3. The number of nitrogens with zero attached hydrogens (tertiary/aromatic N) is 3. The molecule has 0 unspecified atom stereocenters. The molecule has 0 aliphatic rings. The fourth-order valence-electron chi connectivity index (χ4n) is 2.76. The standard InChI is InChI=1S/C19H21FN4/c1-14(21-12-10-17-5-3-4-11-22-17)19-13-23-24(15(19)2)18-8-6-16(20)7-9-18/h3-9,11,13-14,21H,10,12H2,1-2H3/t14-/m0/s1. The lowest BCUT2D eigenvalue weighted by molar-refractivity contribution is 0.571. The van der Waals surface area contributed by atoms with Gasteiger partial charge in [-0.15, -0.1) is 0 Å². The lowest BCUT2D eigenvalue weighted by atomic mass is 10.1. The molecule has 124 valence electrons. The molecule has 0 aliphatic heterocycles. The van der Waals surface area contributed by atoms with E-state index in [9.17, 15) is 4.39 Å². The summed E-state index contributed by atoms with van der Waals surface area (Å²) in [5.74, 6) is -0.242. The third-order valence-electron chi connectivity index (χ3n) is 4.14. The Bertz CT molecular complexity index is 781. The van der Waals surface area contributed by atoms with Crippen molar-refractivity contribution in [1.29, 1.82) is 0 Å². The summed E-state index contributed by atoms with van der Waals surface area (Å²) in [6, 6.07) is 12.5. The minimum Gasteiger partial charge on any atom is -0.310 e. The summed E-state index contributed by atoms with van der Waals surface area (Å²) in [6.07, 6.45) is 4.57. The van der Waals surface area contributed by atoms with Crippen LogP contribution in [0, 0.1) is 12.7 Å². The van der Waals surface area contributed by atoms with Gasteiger partial charge in [-0.3, -0.25) is 4.98 Å². The molecule has 24 heavy (non-hydrogen) atoms. The highest BCUT2D eigenvalue weighted by Crippen LogP contribution is 2.20. The first-order valence-corrected chi connectivity index (χ1v) is 8.09. The maximum absolute atomic E-state index is 13.1. The molecule has 1 N–H and O–H groups in total. The van der Waals surface area contributed by atoms with Crippen molar-refractivity contribution in [3.8, 4) is 5.69 Å². The first-order valence-electron chi connectivity index (χ1n) is 8.09. The van der Waals surface area contributed by atoms with E-state index in [1.54, 1.807) is 12.1 Å². The Morgan fingerprint density at radius 1 is 1.17 bits per heavy atom. The SMILES string of the molecule is Cc1c([C@H](C)NCCc2ccccn2)cnn1-c1ccc(F)cc1. The topological polar surface area (TPSA) is 42.7 Å². The Hall–Kier alpha value is -2.53. The van der Waals surface area contributed by atoms with Gasteiger partial charge in [0.05, 0.1) is 11.9 Å². The molecule has 2 aromatic heterocycles. The van der Waals surface area contributed by atoms with Crippen LogP contribution in [-0.4, -0.2) is 21.3 Å². The number of pyridine rings is 1. The van der Waals surface area contributed by atoms with Gasteiger partial charge in [-0.25, -0.2) is 9.07 Å². The van der Waals surface area contributed by atoms with Gasteiger partial charge in [0.15, 0.2) is 0 Å². The molecular weight excluding hydrogens is 303 g/mol. The van der Waals surface area contributed by atoms with E-state index in [-0.39, 0.29) is 11.9 Å². The first-order chi connectivity index (χ1) is 11.6. The van der Waals surface area contributed by atoms with Gasteiger partial charge in [0, 0.05) is 42.2 Å². The molecule has 1 aromatic carbocycles. The van der Waals surface area contributed by atoms with Crippen molar-refractivity contribution in [2.45, 2.75) is 26.3 Å². The third-order valence-corrected chi connectivity index (χ3v) is 4.14. The number of hydrogen-bond donors (Lipinski definition) is 1. The molecule has 0 spiro atoms. The van der Waals surface area contributed by atoms with E-state index in [1.165, 1.54) is 12.1 Å². The second-order valence-corrected chi connectivity index (χ2v) is 5.82. The van der Waals surface area contributed by atoms with E-state index in [2.05, 4.69) is 22.3 Å². The van der Waals surface area contributed by atoms with Crippen LogP contribution >= 0.6 is 0 Å². The van der Waals surface area contributed by atoms with Gasteiger partial charge in [0.1, 0.15) is 5.82 Å². The predicted octanol–water partition coefficient (Wildman–Crippen LogP) is 3.61. The molecule has 4 nitrogen and oxygen atoms in total. The molecule has 0 radical (unpaired) electrons. The predicted molar refractivity (Wildman–Crippen MR) is 92.6 cm³/mol. The molecule has 0 aliphatic carbocycles. The van der Waals surface area contributed by atoms with Crippen LogP contribution < -0.4 is 5.32 Å². The van der Waals surface area contributed by atoms with Crippen molar-refractivity contribution in [2.75, 3.05) is 6.54 Å². The molecule has 1 atom stereocenters. The largest absolute Gasteiger partial charge is 0.310 e. The van der Waals surface area contributed by atoms with Gasteiger partial charge in [-0.1, -0.05) is 6.07 Å². The molecule has 0 saturated heterocycles. The van der Waals surface area contributed by atoms with Gasteiger partial charge in [-0.2, -0.15) is 5.10 Å². The van der Waals surface area contributed by atoms with Gasteiger partial charge in [0.2, 0.25) is 0 Å². The average molecular weight is 324 g/mol. The van der Waals surface area contributed by atoms with Crippen LogP contribution in [0.25, 0.3) is 5.69 Å². The minimum atomic E-state index is -0.242. The molecule has 0 saturated carbocycles. The maximum Gasteiger partial charge on any atom is 0.123 e. The van der Waals surface area contributed by atoms with Crippen molar-refractivity contribution >= 4 is 0 Å². The Labute approximate surface area is 141 Å². The Kier molecular flexibility index (Phi) is 5.01. The van der Waals surface area contributed by atoms with Gasteiger partial charge < -0.3 is 5.32 Å². The number of benzene rings is 1. The van der Waals surface area contributed by atoms with E-state index in [1.807, 2.05) is 42.2 Å². The van der Waals surface area contributed by atoms with Crippen molar-refractivity contribution in [1.82, 2.24) is 20.1 Å². The summed E-state index contributed by atoms with van der Waals surface area (Å²) >= 11 is 0. The zero-order valence-corrected chi connectivity index (χ0v) is 13.9. The third kappa shape index (κ3) is 3.68. The second kappa shape index (κ2) is 7.36. The van der Waals surface area contributed by atoms with Crippen LogP contribution in [0.3, 0.4) is 0 Å². The highest BCUT2D eigenvalue weighted by atomic mass is 19.1. The molecule has 3 aromatic rings. The summed E-state index contributed by atoms with van der Waals surface area (Å²) in [5.41, 5.74) is 4.14. The van der Waals surface area contributed by atoms with Crippen LogP contribution in [0.5, 0.6) is 0 Å². The van der Waals surface area contributed by atoms with Crippen molar-refractivity contribution in [2.24, 2.45) is 0 Å². The van der Waals surface area contributed by atoms with Crippen molar-refractivity contribution in [3.63, 3.8) is 0 Å². The molecule has 0 bridgehead atoms. The zero-order valence-electron chi connectivity index (χ0n) is 13.9. The smallest absolute Gasteiger partial charge is 0.123 e. The average Bonchev–Trinajstić information content (AvgIpc) is 2.98. The van der Waals surface area contributed by atoms with E-state index in [0.717, 1.165) is 35.6 Å². The van der Waals surface area contributed by atoms with Gasteiger partial charge in [0.25, 0.3) is 0 Å². The summed E-state index contributed by atoms with van der Waals surface area (Å²) < 4.78 is 14.9. The Balaban J connectivity index is 1.65. The van der Waals surface area contributed by atoms with Gasteiger partial charge in [-0.05, 0) is 50.2 Å². The highest BCUT2D eigenvalue weighted by Gasteiger charge is 2.14. The lowest BCUT2D eigenvalue weighted by Gasteiger charge is -2.14. The first kappa shape index (κ1) is 16.3.